The van der Waals surface area contributed by atoms with E-state index < -0.39 is 0 Å². The molecule has 1 N–H and O–H groups in total. The fourth-order valence-electron chi connectivity index (χ4n) is 2.11. The van der Waals surface area contributed by atoms with Crippen molar-refractivity contribution < 1.29 is 9.47 Å². The van der Waals surface area contributed by atoms with Gasteiger partial charge in [0.1, 0.15) is 0 Å². The first kappa shape index (κ1) is 17.2. The summed E-state index contributed by atoms with van der Waals surface area (Å²) in [6.45, 7) is 3.24. The van der Waals surface area contributed by atoms with Crippen molar-refractivity contribution in [2.75, 3.05) is 32.8 Å². The van der Waals surface area contributed by atoms with Gasteiger partial charge in [0.05, 0.1) is 14.2 Å². The van der Waals surface area contributed by atoms with Gasteiger partial charge in [-0.3, -0.25) is 0 Å². The highest BCUT2D eigenvalue weighted by Crippen LogP contribution is 2.29. The molecule has 0 bridgehead atoms. The van der Waals surface area contributed by atoms with Gasteiger partial charge in [0.25, 0.3) is 0 Å². The summed E-state index contributed by atoms with van der Waals surface area (Å²) in [5, 5.41) is 3.56. The molecule has 1 rings (SSSR count). The molecule has 0 amide bonds. The van der Waals surface area contributed by atoms with E-state index in [1.807, 2.05) is 23.9 Å². The first-order valence-corrected chi connectivity index (χ1v) is 8.56. The largest absolute Gasteiger partial charge is 0.493 e. The monoisotopic (exact) mass is 297 g/mol. The predicted molar refractivity (Wildman–Crippen MR) is 88.2 cm³/mol. The Kier molecular flexibility index (Phi) is 8.54. The molecule has 1 atom stereocenters. The van der Waals surface area contributed by atoms with Gasteiger partial charge in [-0.25, -0.2) is 0 Å². The number of thioether (sulfide) groups is 1. The van der Waals surface area contributed by atoms with Crippen molar-refractivity contribution in [2.45, 2.75) is 32.2 Å². The number of rotatable bonds is 10. The Bertz CT molecular complexity index is 385. The van der Waals surface area contributed by atoms with Gasteiger partial charge in [-0.1, -0.05) is 12.5 Å². The molecule has 20 heavy (non-hydrogen) atoms. The molecular weight excluding hydrogens is 270 g/mol. The zero-order valence-corrected chi connectivity index (χ0v) is 13.9. The van der Waals surface area contributed by atoms with Crippen molar-refractivity contribution >= 4 is 11.8 Å². The molecule has 0 radical (unpaired) electrons. The van der Waals surface area contributed by atoms with E-state index in [0.29, 0.717) is 6.04 Å². The highest BCUT2D eigenvalue weighted by atomic mass is 32.2. The average molecular weight is 297 g/mol. The summed E-state index contributed by atoms with van der Waals surface area (Å²) in [4.78, 5) is 0. The smallest absolute Gasteiger partial charge is 0.161 e. The standard InChI is InChI=1S/C16H27NO2S/c1-13(17-10-6-5-7-11-20-4)14-8-9-15(18-2)16(12-14)19-3/h8-9,12-13,17H,5-7,10-11H2,1-4H3. The van der Waals surface area contributed by atoms with Gasteiger partial charge >= 0.3 is 0 Å². The van der Waals surface area contributed by atoms with E-state index in [1.54, 1.807) is 14.2 Å². The average Bonchev–Trinajstić information content (AvgIpc) is 2.49. The third kappa shape index (κ3) is 5.63. The van der Waals surface area contributed by atoms with Gasteiger partial charge in [-0.15, -0.1) is 0 Å². The van der Waals surface area contributed by atoms with E-state index in [1.165, 1.54) is 30.6 Å². The van der Waals surface area contributed by atoms with Gasteiger partial charge in [0, 0.05) is 6.04 Å². The first-order chi connectivity index (χ1) is 9.72. The molecule has 3 nitrogen and oxygen atoms in total. The van der Waals surface area contributed by atoms with Crippen LogP contribution in [0.4, 0.5) is 0 Å². The zero-order chi connectivity index (χ0) is 14.8. The van der Waals surface area contributed by atoms with Crippen molar-refractivity contribution in [3.8, 4) is 11.5 Å². The number of hydrogen-bond acceptors (Lipinski definition) is 4. The minimum Gasteiger partial charge on any atom is -0.493 e. The topological polar surface area (TPSA) is 30.5 Å². The summed E-state index contributed by atoms with van der Waals surface area (Å²) >= 11 is 1.92. The van der Waals surface area contributed by atoms with Gasteiger partial charge < -0.3 is 14.8 Å². The highest BCUT2D eigenvalue weighted by molar-refractivity contribution is 7.98. The number of unbranched alkanes of at least 4 members (excludes halogenated alkanes) is 2. The molecule has 0 aliphatic carbocycles. The Morgan fingerprint density at radius 3 is 2.50 bits per heavy atom. The summed E-state index contributed by atoms with van der Waals surface area (Å²) in [5.74, 6) is 2.84. The van der Waals surface area contributed by atoms with E-state index in [2.05, 4.69) is 24.6 Å². The van der Waals surface area contributed by atoms with E-state index in [0.717, 1.165) is 18.0 Å². The first-order valence-electron chi connectivity index (χ1n) is 7.17. The van der Waals surface area contributed by atoms with Crippen LogP contribution in [0.3, 0.4) is 0 Å². The third-order valence-electron chi connectivity index (χ3n) is 3.38. The summed E-state index contributed by atoms with van der Waals surface area (Å²) < 4.78 is 10.6. The van der Waals surface area contributed by atoms with Crippen molar-refractivity contribution in [2.24, 2.45) is 0 Å². The summed E-state index contributed by atoms with van der Waals surface area (Å²) in [7, 11) is 3.33. The fraction of sp³-hybridized carbons (Fsp3) is 0.625. The van der Waals surface area contributed by atoms with Crippen LogP contribution in [0.2, 0.25) is 0 Å². The molecule has 0 aliphatic heterocycles. The molecule has 1 aromatic rings. The van der Waals surface area contributed by atoms with Crippen molar-refractivity contribution in [1.29, 1.82) is 0 Å². The van der Waals surface area contributed by atoms with Crippen LogP contribution in [0, 0.1) is 0 Å². The van der Waals surface area contributed by atoms with Gasteiger partial charge in [0.15, 0.2) is 11.5 Å². The summed E-state index contributed by atoms with van der Waals surface area (Å²) in [6.07, 6.45) is 6.01. The van der Waals surface area contributed by atoms with Gasteiger partial charge in [-0.05, 0) is 56.0 Å². The number of ether oxygens (including phenoxy) is 2. The second kappa shape index (κ2) is 9.94. The lowest BCUT2D eigenvalue weighted by Crippen LogP contribution is -2.19. The van der Waals surface area contributed by atoms with E-state index in [9.17, 15) is 0 Å². The van der Waals surface area contributed by atoms with Crippen LogP contribution in [0.25, 0.3) is 0 Å². The quantitative estimate of drug-likeness (QED) is 0.664. The van der Waals surface area contributed by atoms with Crippen LogP contribution < -0.4 is 14.8 Å². The fourth-order valence-corrected chi connectivity index (χ4v) is 2.60. The van der Waals surface area contributed by atoms with Gasteiger partial charge in [0.2, 0.25) is 0 Å². The lowest BCUT2D eigenvalue weighted by Gasteiger charge is -2.16. The van der Waals surface area contributed by atoms with Crippen molar-refractivity contribution in [1.82, 2.24) is 5.32 Å². The molecule has 0 heterocycles. The Hall–Kier alpha value is -0.870. The number of benzene rings is 1. The summed E-state index contributed by atoms with van der Waals surface area (Å²) in [6, 6.07) is 6.43. The lowest BCUT2D eigenvalue weighted by molar-refractivity contribution is 0.354. The molecular formula is C16H27NO2S. The third-order valence-corrected chi connectivity index (χ3v) is 4.08. The second-order valence-corrected chi connectivity index (χ2v) is 5.83. The SMILES string of the molecule is COc1ccc(C(C)NCCCCCSC)cc1OC. The molecule has 0 saturated heterocycles. The number of hydrogen-bond donors (Lipinski definition) is 1. The van der Waals surface area contributed by atoms with Crippen molar-refractivity contribution in [3.05, 3.63) is 23.8 Å². The minimum absolute atomic E-state index is 0.329. The summed E-state index contributed by atoms with van der Waals surface area (Å²) in [5.41, 5.74) is 1.23. The van der Waals surface area contributed by atoms with Crippen LogP contribution >= 0.6 is 11.8 Å². The molecule has 1 aromatic carbocycles. The Labute approximate surface area is 127 Å². The molecule has 0 fully saturated rings. The van der Waals surface area contributed by atoms with Crippen LogP contribution in [-0.4, -0.2) is 32.8 Å². The van der Waals surface area contributed by atoms with E-state index >= 15 is 0 Å². The predicted octanol–water partition coefficient (Wildman–Crippen LogP) is 3.89. The maximum atomic E-state index is 5.34. The molecule has 0 saturated carbocycles. The molecule has 114 valence electrons. The molecule has 0 aliphatic rings. The van der Waals surface area contributed by atoms with Gasteiger partial charge in [-0.2, -0.15) is 11.8 Å². The molecule has 0 aromatic heterocycles. The Balaban J connectivity index is 2.41. The van der Waals surface area contributed by atoms with Crippen LogP contribution in [0.5, 0.6) is 11.5 Å². The zero-order valence-electron chi connectivity index (χ0n) is 13.1. The van der Waals surface area contributed by atoms with Crippen LogP contribution in [-0.2, 0) is 0 Å². The van der Waals surface area contributed by atoms with Crippen LogP contribution in [0.1, 0.15) is 37.8 Å². The van der Waals surface area contributed by atoms with Crippen LogP contribution in [0.15, 0.2) is 18.2 Å². The van der Waals surface area contributed by atoms with E-state index in [4.69, 9.17) is 9.47 Å². The maximum Gasteiger partial charge on any atom is 0.161 e. The molecule has 1 unspecified atom stereocenters. The number of nitrogens with one attached hydrogen (secondary N) is 1. The Morgan fingerprint density at radius 2 is 1.85 bits per heavy atom. The highest BCUT2D eigenvalue weighted by Gasteiger charge is 2.09. The second-order valence-electron chi connectivity index (χ2n) is 4.84. The number of methoxy groups -OCH3 is 2. The van der Waals surface area contributed by atoms with E-state index in [-0.39, 0.29) is 0 Å². The molecule has 0 spiro atoms. The maximum absolute atomic E-state index is 5.34. The molecule has 4 heteroatoms. The van der Waals surface area contributed by atoms with Crippen molar-refractivity contribution in [3.63, 3.8) is 0 Å². The normalized spacial score (nSPS) is 12.2. The lowest BCUT2D eigenvalue weighted by atomic mass is 10.1. The minimum atomic E-state index is 0.329. The Morgan fingerprint density at radius 1 is 1.10 bits per heavy atom.